The van der Waals surface area contributed by atoms with E-state index in [4.69, 9.17) is 11.6 Å². The predicted molar refractivity (Wildman–Crippen MR) is 83.5 cm³/mol. The van der Waals surface area contributed by atoms with Gasteiger partial charge >= 0.3 is 5.97 Å². The average Bonchev–Trinajstić information content (AvgIpc) is 2.94. The molecule has 2 aromatic rings. The average molecular weight is 323 g/mol. The van der Waals surface area contributed by atoms with E-state index in [0.717, 1.165) is 17.1 Å². The number of methoxy groups -OCH3 is 1. The van der Waals surface area contributed by atoms with Gasteiger partial charge in [-0.3, -0.25) is 4.90 Å². The summed E-state index contributed by atoms with van der Waals surface area (Å²) in [6, 6.07) is 8.05. The number of rotatable bonds is 6. The highest BCUT2D eigenvalue weighted by Gasteiger charge is 2.15. The van der Waals surface area contributed by atoms with Gasteiger partial charge in [0.15, 0.2) is 0 Å². The summed E-state index contributed by atoms with van der Waals surface area (Å²) < 4.78 is 6.23. The lowest BCUT2D eigenvalue weighted by Crippen LogP contribution is -2.32. The molecule has 118 valence electrons. The third-order valence-electron chi connectivity index (χ3n) is 3.24. The van der Waals surface area contributed by atoms with E-state index in [1.165, 1.54) is 13.4 Å². The molecule has 1 heterocycles. The Morgan fingerprint density at radius 2 is 2.23 bits per heavy atom. The second-order valence-corrected chi connectivity index (χ2v) is 5.65. The molecule has 0 unspecified atom stereocenters. The lowest BCUT2D eigenvalue weighted by atomic mass is 10.2. The van der Waals surface area contributed by atoms with Crippen molar-refractivity contribution in [1.82, 2.24) is 19.7 Å². The van der Waals surface area contributed by atoms with Crippen LogP contribution >= 0.6 is 11.6 Å². The van der Waals surface area contributed by atoms with E-state index in [0.29, 0.717) is 12.7 Å². The summed E-state index contributed by atoms with van der Waals surface area (Å²) in [5.74, 6) is -0.473. The Labute approximate surface area is 134 Å². The maximum absolute atomic E-state index is 11.4. The van der Waals surface area contributed by atoms with Crippen molar-refractivity contribution < 1.29 is 9.53 Å². The maximum Gasteiger partial charge on any atom is 0.377 e. The standard InChI is InChI=1S/C15H19ClN4O2/c1-11(2)19(8-12-5-4-6-13(16)7-12)10-20-9-17-14(18-20)15(21)22-3/h4-7,9,11H,8,10H2,1-3H3. The van der Waals surface area contributed by atoms with Gasteiger partial charge in [0, 0.05) is 17.6 Å². The number of esters is 1. The summed E-state index contributed by atoms with van der Waals surface area (Å²) >= 11 is 6.02. The van der Waals surface area contributed by atoms with E-state index in [-0.39, 0.29) is 5.82 Å². The third-order valence-corrected chi connectivity index (χ3v) is 3.47. The molecule has 0 bridgehead atoms. The zero-order valence-electron chi connectivity index (χ0n) is 12.9. The van der Waals surface area contributed by atoms with Gasteiger partial charge in [0.1, 0.15) is 6.33 Å². The van der Waals surface area contributed by atoms with Crippen molar-refractivity contribution in [2.45, 2.75) is 33.1 Å². The number of aromatic nitrogens is 3. The molecule has 22 heavy (non-hydrogen) atoms. The largest absolute Gasteiger partial charge is 0.463 e. The molecule has 0 atom stereocenters. The van der Waals surface area contributed by atoms with Crippen LogP contribution in [-0.2, 0) is 18.0 Å². The van der Waals surface area contributed by atoms with E-state index in [2.05, 4.69) is 33.6 Å². The number of carbonyl (C=O) groups is 1. The molecule has 0 amide bonds. The first-order chi connectivity index (χ1) is 10.5. The van der Waals surface area contributed by atoms with Crippen LogP contribution in [0.5, 0.6) is 0 Å². The number of halogens is 1. The normalized spacial score (nSPS) is 11.2. The summed E-state index contributed by atoms with van der Waals surface area (Å²) in [5.41, 5.74) is 1.12. The number of benzene rings is 1. The maximum atomic E-state index is 11.4. The van der Waals surface area contributed by atoms with Crippen LogP contribution in [0.25, 0.3) is 0 Å². The zero-order chi connectivity index (χ0) is 16.1. The molecule has 0 aliphatic heterocycles. The van der Waals surface area contributed by atoms with Gasteiger partial charge in [-0.05, 0) is 31.5 Å². The van der Waals surface area contributed by atoms with Crippen molar-refractivity contribution in [3.05, 3.63) is 47.0 Å². The van der Waals surface area contributed by atoms with Gasteiger partial charge in [0.05, 0.1) is 13.8 Å². The quantitative estimate of drug-likeness (QED) is 0.765. The van der Waals surface area contributed by atoms with Gasteiger partial charge in [-0.15, -0.1) is 5.10 Å². The summed E-state index contributed by atoms with van der Waals surface area (Å²) in [5, 5.41) is 4.84. The third kappa shape index (κ3) is 4.29. The van der Waals surface area contributed by atoms with E-state index in [9.17, 15) is 4.79 Å². The minimum atomic E-state index is -0.537. The first-order valence-corrected chi connectivity index (χ1v) is 7.33. The van der Waals surface area contributed by atoms with Gasteiger partial charge in [-0.25, -0.2) is 14.5 Å². The Hall–Kier alpha value is -1.92. The summed E-state index contributed by atoms with van der Waals surface area (Å²) in [6.07, 6.45) is 1.53. The van der Waals surface area contributed by atoms with Crippen molar-refractivity contribution >= 4 is 17.6 Å². The molecule has 0 N–H and O–H groups in total. The molecule has 0 saturated heterocycles. The first kappa shape index (κ1) is 16.5. The van der Waals surface area contributed by atoms with Gasteiger partial charge in [-0.1, -0.05) is 23.7 Å². The summed E-state index contributed by atoms with van der Waals surface area (Å²) in [6.45, 7) is 5.45. The number of carbonyl (C=O) groups excluding carboxylic acids is 1. The van der Waals surface area contributed by atoms with Crippen molar-refractivity contribution in [1.29, 1.82) is 0 Å². The van der Waals surface area contributed by atoms with Crippen LogP contribution in [0.2, 0.25) is 5.02 Å². The highest BCUT2D eigenvalue weighted by molar-refractivity contribution is 6.30. The molecule has 0 fully saturated rings. The minimum absolute atomic E-state index is 0.0639. The molecular formula is C15H19ClN4O2. The lowest BCUT2D eigenvalue weighted by Gasteiger charge is -2.26. The Bertz CT molecular complexity index is 642. The monoisotopic (exact) mass is 322 g/mol. The number of nitrogens with zero attached hydrogens (tertiary/aromatic N) is 4. The second kappa shape index (κ2) is 7.38. The lowest BCUT2D eigenvalue weighted by molar-refractivity contribution is 0.0585. The molecule has 0 aliphatic rings. The minimum Gasteiger partial charge on any atom is -0.463 e. The Balaban J connectivity index is 2.09. The predicted octanol–water partition coefficient (Wildman–Crippen LogP) is 2.59. The molecule has 0 spiro atoms. The molecule has 0 aliphatic carbocycles. The van der Waals surface area contributed by atoms with Gasteiger partial charge in [0.25, 0.3) is 5.82 Å². The fraction of sp³-hybridized carbons (Fsp3) is 0.400. The first-order valence-electron chi connectivity index (χ1n) is 6.96. The molecule has 1 aromatic heterocycles. The molecule has 1 aromatic carbocycles. The van der Waals surface area contributed by atoms with Crippen LogP contribution in [0.1, 0.15) is 30.0 Å². The van der Waals surface area contributed by atoms with Crippen LogP contribution in [0, 0.1) is 0 Å². The number of hydrogen-bond donors (Lipinski definition) is 0. The summed E-state index contributed by atoms with van der Waals surface area (Å²) in [4.78, 5) is 17.5. The molecular weight excluding hydrogens is 304 g/mol. The molecule has 6 nitrogen and oxygen atoms in total. The fourth-order valence-electron chi connectivity index (χ4n) is 2.00. The van der Waals surface area contributed by atoms with Crippen LogP contribution in [0.4, 0.5) is 0 Å². The van der Waals surface area contributed by atoms with E-state index >= 15 is 0 Å². The van der Waals surface area contributed by atoms with Crippen molar-refractivity contribution in [3.8, 4) is 0 Å². The van der Waals surface area contributed by atoms with Crippen LogP contribution in [0.3, 0.4) is 0 Å². The molecule has 2 rings (SSSR count). The summed E-state index contributed by atoms with van der Waals surface area (Å²) in [7, 11) is 1.31. The van der Waals surface area contributed by atoms with Crippen LogP contribution in [-0.4, -0.2) is 38.8 Å². The smallest absolute Gasteiger partial charge is 0.377 e. The highest BCUT2D eigenvalue weighted by Crippen LogP contribution is 2.14. The van der Waals surface area contributed by atoms with Crippen molar-refractivity contribution in [2.75, 3.05) is 7.11 Å². The topological polar surface area (TPSA) is 60.2 Å². The van der Waals surface area contributed by atoms with Crippen LogP contribution < -0.4 is 0 Å². The second-order valence-electron chi connectivity index (χ2n) is 5.21. The van der Waals surface area contributed by atoms with E-state index < -0.39 is 5.97 Å². The number of hydrogen-bond acceptors (Lipinski definition) is 5. The highest BCUT2D eigenvalue weighted by atomic mass is 35.5. The molecule has 0 saturated carbocycles. The number of ether oxygens (including phenoxy) is 1. The van der Waals surface area contributed by atoms with E-state index in [1.54, 1.807) is 4.68 Å². The van der Waals surface area contributed by atoms with Gasteiger partial charge in [-0.2, -0.15) is 0 Å². The fourth-order valence-corrected chi connectivity index (χ4v) is 2.21. The van der Waals surface area contributed by atoms with Crippen LogP contribution in [0.15, 0.2) is 30.6 Å². The Kier molecular flexibility index (Phi) is 5.51. The molecule has 0 radical (unpaired) electrons. The zero-order valence-corrected chi connectivity index (χ0v) is 13.6. The Morgan fingerprint density at radius 1 is 1.45 bits per heavy atom. The van der Waals surface area contributed by atoms with Gasteiger partial charge in [0.2, 0.25) is 0 Å². The van der Waals surface area contributed by atoms with Gasteiger partial charge < -0.3 is 4.74 Å². The molecule has 7 heteroatoms. The SMILES string of the molecule is COC(=O)c1ncn(CN(Cc2cccc(Cl)c2)C(C)C)n1. The van der Waals surface area contributed by atoms with Crippen molar-refractivity contribution in [2.24, 2.45) is 0 Å². The van der Waals surface area contributed by atoms with Crippen molar-refractivity contribution in [3.63, 3.8) is 0 Å². The Morgan fingerprint density at radius 3 is 2.86 bits per heavy atom. The van der Waals surface area contributed by atoms with E-state index in [1.807, 2.05) is 24.3 Å².